The van der Waals surface area contributed by atoms with Crippen molar-refractivity contribution in [2.75, 3.05) is 5.32 Å². The van der Waals surface area contributed by atoms with E-state index in [4.69, 9.17) is 16.1 Å². The van der Waals surface area contributed by atoms with Gasteiger partial charge in [0, 0.05) is 17.0 Å². The summed E-state index contributed by atoms with van der Waals surface area (Å²) >= 11 is 6.11. The summed E-state index contributed by atoms with van der Waals surface area (Å²) in [6.07, 6.45) is 2.70. The second-order valence-corrected chi connectivity index (χ2v) is 9.96. The molecule has 1 aromatic carbocycles. The van der Waals surface area contributed by atoms with Gasteiger partial charge in [-0.25, -0.2) is 0 Å². The minimum atomic E-state index is -0.243. The fourth-order valence-electron chi connectivity index (χ4n) is 4.33. The smallest absolute Gasteiger partial charge is 0.278 e. The Kier molecular flexibility index (Phi) is 5.69. The lowest BCUT2D eigenvalue weighted by atomic mass is 9.71. The topological polar surface area (TPSA) is 73.0 Å². The Bertz CT molecular complexity index is 1120. The third-order valence-corrected chi connectivity index (χ3v) is 6.56. The van der Waals surface area contributed by atoms with Crippen LogP contribution in [0.3, 0.4) is 0 Å². The molecule has 4 rings (SSSR count). The molecule has 0 spiro atoms. The molecular weight excluding hydrogens is 412 g/mol. The Balaban J connectivity index is 1.55. The molecule has 0 saturated heterocycles. The molecule has 6 nitrogen and oxygen atoms in total. The lowest BCUT2D eigenvalue weighted by Gasteiger charge is -2.33. The third-order valence-electron chi connectivity index (χ3n) is 6.32. The Morgan fingerprint density at radius 3 is 2.81 bits per heavy atom. The molecular formula is C24H29ClN4O2. The first kappa shape index (κ1) is 21.6. The van der Waals surface area contributed by atoms with Gasteiger partial charge in [0.1, 0.15) is 5.76 Å². The molecule has 1 aliphatic rings. The monoisotopic (exact) mass is 440 g/mol. The van der Waals surface area contributed by atoms with Crippen molar-refractivity contribution in [2.45, 2.75) is 60.4 Å². The molecule has 7 heteroatoms. The summed E-state index contributed by atoms with van der Waals surface area (Å²) in [7, 11) is 0. The van der Waals surface area contributed by atoms with Crippen molar-refractivity contribution < 1.29 is 9.32 Å². The fourth-order valence-corrected chi connectivity index (χ4v) is 4.55. The van der Waals surface area contributed by atoms with Gasteiger partial charge in [0.15, 0.2) is 5.69 Å². The molecule has 3 aromatic rings. The van der Waals surface area contributed by atoms with Crippen LogP contribution in [0.2, 0.25) is 5.02 Å². The lowest BCUT2D eigenvalue weighted by Crippen LogP contribution is -2.27. The predicted molar refractivity (Wildman–Crippen MR) is 122 cm³/mol. The zero-order valence-corrected chi connectivity index (χ0v) is 19.5. The van der Waals surface area contributed by atoms with Crippen molar-refractivity contribution in [1.82, 2.24) is 14.9 Å². The van der Waals surface area contributed by atoms with Gasteiger partial charge in [-0.3, -0.25) is 9.48 Å². The SMILES string of the molecule is Cc1nn(Cc2cccc(Cl)c2)c(C)c1NC(=O)c1noc2c1CC(C(C)(C)C)CC2. The average Bonchev–Trinajstić information content (AvgIpc) is 3.23. The first-order valence-electron chi connectivity index (χ1n) is 10.7. The molecule has 164 valence electrons. The second-order valence-electron chi connectivity index (χ2n) is 9.53. The maximum Gasteiger partial charge on any atom is 0.278 e. The van der Waals surface area contributed by atoms with Crippen LogP contribution in [0.4, 0.5) is 5.69 Å². The summed E-state index contributed by atoms with van der Waals surface area (Å²) in [6.45, 7) is 11.2. The summed E-state index contributed by atoms with van der Waals surface area (Å²) < 4.78 is 7.40. The van der Waals surface area contributed by atoms with Gasteiger partial charge in [0.2, 0.25) is 0 Å². The second kappa shape index (κ2) is 8.15. The van der Waals surface area contributed by atoms with E-state index in [0.29, 0.717) is 28.9 Å². The summed E-state index contributed by atoms with van der Waals surface area (Å²) in [5.41, 5.74) is 4.93. The van der Waals surface area contributed by atoms with Gasteiger partial charge < -0.3 is 9.84 Å². The van der Waals surface area contributed by atoms with Gasteiger partial charge in [-0.15, -0.1) is 0 Å². The molecule has 1 N–H and O–H groups in total. The first-order chi connectivity index (χ1) is 14.6. The minimum absolute atomic E-state index is 0.178. The van der Waals surface area contributed by atoms with E-state index in [0.717, 1.165) is 47.5 Å². The Morgan fingerprint density at radius 2 is 2.10 bits per heavy atom. The van der Waals surface area contributed by atoms with Gasteiger partial charge in [0.25, 0.3) is 5.91 Å². The van der Waals surface area contributed by atoms with E-state index in [1.807, 2.05) is 42.8 Å². The number of nitrogens with one attached hydrogen (secondary N) is 1. The zero-order valence-electron chi connectivity index (χ0n) is 18.8. The van der Waals surface area contributed by atoms with Gasteiger partial charge in [-0.2, -0.15) is 5.10 Å². The standard InChI is InChI=1S/C24H29ClN4O2/c1-14-21(15(2)29(27-14)13-16-7-6-8-18(25)11-16)26-23(30)22-19-12-17(24(3,4)5)9-10-20(19)31-28-22/h6-8,11,17H,9-10,12-13H2,1-5H3,(H,26,30). The van der Waals surface area contributed by atoms with E-state index in [-0.39, 0.29) is 11.3 Å². The van der Waals surface area contributed by atoms with Crippen LogP contribution in [0.1, 0.15) is 66.0 Å². The average molecular weight is 441 g/mol. The highest BCUT2D eigenvalue weighted by atomic mass is 35.5. The number of hydrogen-bond acceptors (Lipinski definition) is 4. The van der Waals surface area contributed by atoms with Crippen molar-refractivity contribution in [3.05, 3.63) is 63.3 Å². The van der Waals surface area contributed by atoms with Gasteiger partial charge >= 0.3 is 0 Å². The molecule has 0 bridgehead atoms. The van der Waals surface area contributed by atoms with Gasteiger partial charge in [0.05, 0.1) is 23.6 Å². The van der Waals surface area contributed by atoms with E-state index >= 15 is 0 Å². The number of fused-ring (bicyclic) bond motifs is 1. The molecule has 1 unspecified atom stereocenters. The van der Waals surface area contributed by atoms with Gasteiger partial charge in [-0.05, 0) is 55.7 Å². The minimum Gasteiger partial charge on any atom is -0.360 e. The zero-order chi connectivity index (χ0) is 22.3. The Labute approximate surface area is 188 Å². The number of carbonyl (C=O) groups is 1. The number of rotatable bonds is 4. The largest absolute Gasteiger partial charge is 0.360 e. The van der Waals surface area contributed by atoms with Crippen molar-refractivity contribution in [3.8, 4) is 0 Å². The number of benzene rings is 1. The number of anilines is 1. The van der Waals surface area contributed by atoms with Crippen molar-refractivity contribution in [1.29, 1.82) is 0 Å². The van der Waals surface area contributed by atoms with E-state index < -0.39 is 0 Å². The van der Waals surface area contributed by atoms with Crippen molar-refractivity contribution in [2.24, 2.45) is 11.3 Å². The molecule has 1 atom stereocenters. The number of nitrogens with zero attached hydrogens (tertiary/aromatic N) is 3. The van der Waals surface area contributed by atoms with Crippen LogP contribution >= 0.6 is 11.6 Å². The first-order valence-corrected chi connectivity index (χ1v) is 11.1. The quantitative estimate of drug-likeness (QED) is 0.573. The molecule has 2 heterocycles. The van der Waals surface area contributed by atoms with Crippen LogP contribution in [0.25, 0.3) is 0 Å². The molecule has 0 fully saturated rings. The number of carbonyl (C=O) groups excluding carboxylic acids is 1. The molecule has 0 aliphatic heterocycles. The Morgan fingerprint density at radius 1 is 1.32 bits per heavy atom. The van der Waals surface area contributed by atoms with Gasteiger partial charge in [-0.1, -0.05) is 49.7 Å². The number of amides is 1. The highest BCUT2D eigenvalue weighted by Gasteiger charge is 2.34. The summed E-state index contributed by atoms with van der Waals surface area (Å²) in [6, 6.07) is 7.70. The van der Waals surface area contributed by atoms with Crippen LogP contribution in [0.5, 0.6) is 0 Å². The predicted octanol–water partition coefficient (Wildman–Crippen LogP) is 5.59. The number of hydrogen-bond donors (Lipinski definition) is 1. The molecule has 1 amide bonds. The van der Waals surface area contributed by atoms with Crippen molar-refractivity contribution in [3.63, 3.8) is 0 Å². The van der Waals surface area contributed by atoms with Crippen LogP contribution in [-0.4, -0.2) is 20.8 Å². The van der Waals surface area contributed by atoms with Crippen LogP contribution in [0.15, 0.2) is 28.8 Å². The molecule has 2 aromatic heterocycles. The molecule has 1 aliphatic carbocycles. The maximum absolute atomic E-state index is 13.1. The number of halogens is 1. The molecule has 0 saturated carbocycles. The maximum atomic E-state index is 13.1. The Hall–Kier alpha value is -2.60. The highest BCUT2D eigenvalue weighted by molar-refractivity contribution is 6.30. The fraction of sp³-hybridized carbons (Fsp3) is 0.458. The van der Waals surface area contributed by atoms with Crippen LogP contribution in [0, 0.1) is 25.2 Å². The normalized spacial score (nSPS) is 16.3. The van der Waals surface area contributed by atoms with E-state index in [2.05, 4.69) is 36.3 Å². The van der Waals surface area contributed by atoms with E-state index in [1.54, 1.807) is 0 Å². The van der Waals surface area contributed by atoms with Crippen LogP contribution < -0.4 is 5.32 Å². The summed E-state index contributed by atoms with van der Waals surface area (Å²) in [4.78, 5) is 13.1. The summed E-state index contributed by atoms with van der Waals surface area (Å²) in [5, 5.41) is 12.5. The molecule has 31 heavy (non-hydrogen) atoms. The number of aryl methyl sites for hydroxylation is 2. The summed E-state index contributed by atoms with van der Waals surface area (Å²) in [5.74, 6) is 1.10. The van der Waals surface area contributed by atoms with Crippen molar-refractivity contribution >= 4 is 23.2 Å². The van der Waals surface area contributed by atoms with Crippen LogP contribution in [-0.2, 0) is 19.4 Å². The highest BCUT2D eigenvalue weighted by Crippen LogP contribution is 2.38. The lowest BCUT2D eigenvalue weighted by molar-refractivity contribution is 0.101. The third kappa shape index (κ3) is 4.40. The number of aromatic nitrogens is 3. The van der Waals surface area contributed by atoms with E-state index in [1.165, 1.54) is 0 Å². The molecule has 0 radical (unpaired) electrons. The van der Waals surface area contributed by atoms with E-state index in [9.17, 15) is 4.79 Å².